The SMILES string of the molecule is CCN(CC)CCOc1ccc(F)cc1C. The number of rotatable bonds is 6. The van der Waals surface area contributed by atoms with Gasteiger partial charge in [-0.3, -0.25) is 0 Å². The van der Waals surface area contributed by atoms with Gasteiger partial charge in [0.25, 0.3) is 0 Å². The molecule has 2 nitrogen and oxygen atoms in total. The molecule has 0 fully saturated rings. The van der Waals surface area contributed by atoms with Crippen LogP contribution in [0.5, 0.6) is 5.75 Å². The fourth-order valence-corrected chi connectivity index (χ4v) is 1.60. The fourth-order valence-electron chi connectivity index (χ4n) is 1.60. The van der Waals surface area contributed by atoms with Crippen LogP contribution >= 0.6 is 0 Å². The number of halogens is 1. The highest BCUT2D eigenvalue weighted by molar-refractivity contribution is 5.32. The minimum absolute atomic E-state index is 0.214. The van der Waals surface area contributed by atoms with Crippen LogP contribution in [0.25, 0.3) is 0 Å². The highest BCUT2D eigenvalue weighted by atomic mass is 19.1. The maximum atomic E-state index is 12.8. The number of hydrogen-bond acceptors (Lipinski definition) is 2. The molecule has 0 aliphatic heterocycles. The van der Waals surface area contributed by atoms with Gasteiger partial charge >= 0.3 is 0 Å². The van der Waals surface area contributed by atoms with E-state index < -0.39 is 0 Å². The summed E-state index contributed by atoms with van der Waals surface area (Å²) in [5.74, 6) is 0.558. The van der Waals surface area contributed by atoms with E-state index in [9.17, 15) is 4.39 Å². The van der Waals surface area contributed by atoms with Gasteiger partial charge in [-0.25, -0.2) is 4.39 Å². The Balaban J connectivity index is 2.42. The second-order valence-corrected chi connectivity index (χ2v) is 3.79. The molecule has 3 heteroatoms. The third-order valence-electron chi connectivity index (χ3n) is 2.70. The molecule has 90 valence electrons. The fraction of sp³-hybridized carbons (Fsp3) is 0.538. The van der Waals surface area contributed by atoms with Crippen molar-refractivity contribution in [3.63, 3.8) is 0 Å². The normalized spacial score (nSPS) is 10.8. The summed E-state index contributed by atoms with van der Waals surface area (Å²) in [5, 5.41) is 0. The molecule has 1 aromatic carbocycles. The Bertz CT molecular complexity index is 324. The van der Waals surface area contributed by atoms with Crippen molar-refractivity contribution >= 4 is 0 Å². The van der Waals surface area contributed by atoms with Gasteiger partial charge < -0.3 is 9.64 Å². The third-order valence-corrected chi connectivity index (χ3v) is 2.70. The van der Waals surface area contributed by atoms with Gasteiger partial charge in [0.05, 0.1) is 0 Å². The second-order valence-electron chi connectivity index (χ2n) is 3.79. The molecule has 0 radical (unpaired) electrons. The zero-order valence-corrected chi connectivity index (χ0v) is 10.3. The van der Waals surface area contributed by atoms with Gasteiger partial charge in [0.1, 0.15) is 18.2 Å². The molecule has 0 saturated carbocycles. The molecule has 16 heavy (non-hydrogen) atoms. The Morgan fingerprint density at radius 2 is 1.94 bits per heavy atom. The van der Waals surface area contributed by atoms with Crippen LogP contribution in [0.1, 0.15) is 19.4 Å². The van der Waals surface area contributed by atoms with E-state index in [0.29, 0.717) is 6.61 Å². The lowest BCUT2D eigenvalue weighted by Crippen LogP contribution is -2.28. The first kappa shape index (κ1) is 13.0. The van der Waals surface area contributed by atoms with Gasteiger partial charge in [-0.05, 0) is 43.8 Å². The van der Waals surface area contributed by atoms with Crippen LogP contribution in [-0.2, 0) is 0 Å². The van der Waals surface area contributed by atoms with Crippen LogP contribution in [0, 0.1) is 12.7 Å². The minimum Gasteiger partial charge on any atom is -0.492 e. The molecule has 0 spiro atoms. The van der Waals surface area contributed by atoms with Crippen LogP contribution in [0.3, 0.4) is 0 Å². The van der Waals surface area contributed by atoms with Crippen molar-refractivity contribution in [2.75, 3.05) is 26.2 Å². The molecule has 0 bridgehead atoms. The van der Waals surface area contributed by atoms with Crippen LogP contribution in [0.4, 0.5) is 4.39 Å². The van der Waals surface area contributed by atoms with Crippen molar-refractivity contribution in [3.8, 4) is 5.75 Å². The topological polar surface area (TPSA) is 12.5 Å². The van der Waals surface area contributed by atoms with Crippen molar-refractivity contribution < 1.29 is 9.13 Å². The van der Waals surface area contributed by atoms with Crippen LogP contribution in [0.15, 0.2) is 18.2 Å². The number of likely N-dealkylation sites (N-methyl/N-ethyl adjacent to an activating group) is 1. The Labute approximate surface area is 97.0 Å². The zero-order valence-electron chi connectivity index (χ0n) is 10.3. The van der Waals surface area contributed by atoms with Gasteiger partial charge in [0.2, 0.25) is 0 Å². The third kappa shape index (κ3) is 3.81. The molecule has 0 atom stereocenters. The molecule has 0 unspecified atom stereocenters. The van der Waals surface area contributed by atoms with Gasteiger partial charge in [0.15, 0.2) is 0 Å². The van der Waals surface area contributed by atoms with Gasteiger partial charge in [-0.15, -0.1) is 0 Å². The van der Waals surface area contributed by atoms with Gasteiger partial charge in [-0.2, -0.15) is 0 Å². The second kappa shape index (κ2) is 6.48. The van der Waals surface area contributed by atoms with Crippen molar-refractivity contribution in [2.45, 2.75) is 20.8 Å². The average molecular weight is 225 g/mol. The number of hydrogen-bond donors (Lipinski definition) is 0. The maximum Gasteiger partial charge on any atom is 0.123 e. The monoisotopic (exact) mass is 225 g/mol. The molecule has 1 aromatic rings. The Morgan fingerprint density at radius 1 is 1.25 bits per heavy atom. The maximum absolute atomic E-state index is 12.8. The van der Waals surface area contributed by atoms with E-state index in [0.717, 1.165) is 30.9 Å². The standard InChI is InChI=1S/C13H20FNO/c1-4-15(5-2)8-9-16-13-7-6-12(14)10-11(13)3/h6-7,10H,4-5,8-9H2,1-3H3. The van der Waals surface area contributed by atoms with E-state index in [1.54, 1.807) is 6.07 Å². The van der Waals surface area contributed by atoms with Crippen LogP contribution in [0.2, 0.25) is 0 Å². The molecular formula is C13H20FNO. The smallest absolute Gasteiger partial charge is 0.123 e. The predicted octanol–water partition coefficient (Wildman–Crippen LogP) is 2.85. The molecule has 0 amide bonds. The minimum atomic E-state index is -0.214. The molecule has 0 aliphatic rings. The van der Waals surface area contributed by atoms with Crippen molar-refractivity contribution in [2.24, 2.45) is 0 Å². The summed E-state index contributed by atoms with van der Waals surface area (Å²) in [5.41, 5.74) is 0.847. The molecule has 1 rings (SSSR count). The molecule has 0 saturated heterocycles. The van der Waals surface area contributed by atoms with Crippen molar-refractivity contribution in [3.05, 3.63) is 29.6 Å². The van der Waals surface area contributed by atoms with Crippen LogP contribution in [-0.4, -0.2) is 31.1 Å². The summed E-state index contributed by atoms with van der Waals surface area (Å²) < 4.78 is 18.5. The summed E-state index contributed by atoms with van der Waals surface area (Å²) in [6, 6.07) is 4.61. The van der Waals surface area contributed by atoms with Gasteiger partial charge in [0, 0.05) is 6.54 Å². The molecule has 0 heterocycles. The molecular weight excluding hydrogens is 205 g/mol. The highest BCUT2D eigenvalue weighted by Gasteiger charge is 2.02. The van der Waals surface area contributed by atoms with E-state index in [2.05, 4.69) is 18.7 Å². The van der Waals surface area contributed by atoms with Crippen LogP contribution < -0.4 is 4.74 Å². The lowest BCUT2D eigenvalue weighted by atomic mass is 10.2. The first-order valence-corrected chi connectivity index (χ1v) is 5.78. The first-order chi connectivity index (χ1) is 7.67. The van der Waals surface area contributed by atoms with E-state index in [4.69, 9.17) is 4.74 Å². The predicted molar refractivity (Wildman–Crippen MR) is 64.4 cm³/mol. The Kier molecular flexibility index (Phi) is 5.26. The van der Waals surface area contributed by atoms with E-state index >= 15 is 0 Å². The molecule has 0 aromatic heterocycles. The average Bonchev–Trinajstić information content (AvgIpc) is 2.27. The number of aryl methyl sites for hydroxylation is 1. The number of benzene rings is 1. The molecule has 0 aliphatic carbocycles. The lowest BCUT2D eigenvalue weighted by Gasteiger charge is -2.18. The van der Waals surface area contributed by atoms with Crippen molar-refractivity contribution in [1.82, 2.24) is 4.90 Å². The number of ether oxygens (including phenoxy) is 1. The summed E-state index contributed by atoms with van der Waals surface area (Å²) in [7, 11) is 0. The summed E-state index contributed by atoms with van der Waals surface area (Å²) in [6.45, 7) is 9.73. The van der Waals surface area contributed by atoms with Crippen molar-refractivity contribution in [1.29, 1.82) is 0 Å². The highest BCUT2D eigenvalue weighted by Crippen LogP contribution is 2.18. The van der Waals surface area contributed by atoms with E-state index in [-0.39, 0.29) is 5.82 Å². The van der Waals surface area contributed by atoms with E-state index in [1.807, 2.05) is 6.92 Å². The first-order valence-electron chi connectivity index (χ1n) is 5.78. The molecule has 0 N–H and O–H groups in total. The summed E-state index contributed by atoms with van der Waals surface area (Å²) in [6.07, 6.45) is 0. The largest absolute Gasteiger partial charge is 0.492 e. The lowest BCUT2D eigenvalue weighted by molar-refractivity contribution is 0.222. The van der Waals surface area contributed by atoms with Gasteiger partial charge in [-0.1, -0.05) is 13.8 Å². The number of nitrogens with zero attached hydrogens (tertiary/aromatic N) is 1. The quantitative estimate of drug-likeness (QED) is 0.738. The van der Waals surface area contributed by atoms with E-state index in [1.165, 1.54) is 12.1 Å². The summed E-state index contributed by atoms with van der Waals surface area (Å²) >= 11 is 0. The Hall–Kier alpha value is -1.09. The Morgan fingerprint density at radius 3 is 2.50 bits per heavy atom. The summed E-state index contributed by atoms with van der Waals surface area (Å²) in [4.78, 5) is 2.29. The zero-order chi connectivity index (χ0) is 12.0.